The summed E-state index contributed by atoms with van der Waals surface area (Å²) in [4.78, 5) is 11.6. The largest absolute Gasteiger partial charge is 0.464 e. The molecule has 1 aromatic carbocycles. The van der Waals surface area contributed by atoms with E-state index in [1.807, 2.05) is 6.07 Å². The van der Waals surface area contributed by atoms with Gasteiger partial charge in [-0.25, -0.2) is 4.79 Å². The zero-order chi connectivity index (χ0) is 13.9. The van der Waals surface area contributed by atoms with Gasteiger partial charge in [0, 0.05) is 0 Å². The summed E-state index contributed by atoms with van der Waals surface area (Å²) >= 11 is 0. The number of aliphatic hydroxyl groups excluding tert-OH is 1. The van der Waals surface area contributed by atoms with E-state index in [2.05, 4.69) is 6.92 Å². The van der Waals surface area contributed by atoms with E-state index in [1.54, 1.807) is 24.3 Å². The predicted molar refractivity (Wildman–Crippen MR) is 75.7 cm³/mol. The summed E-state index contributed by atoms with van der Waals surface area (Å²) in [5, 5.41) is 9.79. The number of hydrogen-bond acceptors (Lipinski definition) is 3. The summed E-state index contributed by atoms with van der Waals surface area (Å²) in [7, 11) is 0. The van der Waals surface area contributed by atoms with E-state index >= 15 is 0 Å². The minimum atomic E-state index is -1.17. The number of carbonyl (C=O) groups is 1. The van der Waals surface area contributed by atoms with Crippen LogP contribution in [0.2, 0.25) is 0 Å². The summed E-state index contributed by atoms with van der Waals surface area (Å²) in [5.41, 5.74) is 0.579. The second-order valence-corrected chi connectivity index (χ2v) is 4.75. The minimum Gasteiger partial charge on any atom is -0.464 e. The lowest BCUT2D eigenvalue weighted by molar-refractivity contribution is -0.154. The van der Waals surface area contributed by atoms with Gasteiger partial charge in [-0.3, -0.25) is 0 Å². The van der Waals surface area contributed by atoms with Crippen molar-refractivity contribution in [3.05, 3.63) is 35.9 Å². The summed E-state index contributed by atoms with van der Waals surface area (Å²) in [5.74, 6) is -0.556. The molecule has 1 atom stereocenters. The maximum Gasteiger partial charge on any atom is 0.339 e. The van der Waals surface area contributed by atoms with Crippen LogP contribution in [0.5, 0.6) is 0 Å². The maximum atomic E-state index is 11.6. The van der Waals surface area contributed by atoms with Crippen molar-refractivity contribution in [3.63, 3.8) is 0 Å². The number of unbranched alkanes of at least 4 members (excludes halogenated alkanes) is 5. The van der Waals surface area contributed by atoms with Crippen LogP contribution in [-0.2, 0) is 9.53 Å². The van der Waals surface area contributed by atoms with Crippen LogP contribution in [0.15, 0.2) is 30.3 Å². The molecule has 0 aliphatic heterocycles. The zero-order valence-electron chi connectivity index (χ0n) is 11.7. The fraction of sp³-hybridized carbons (Fsp3) is 0.562. The summed E-state index contributed by atoms with van der Waals surface area (Å²) < 4.78 is 5.08. The van der Waals surface area contributed by atoms with Gasteiger partial charge >= 0.3 is 5.97 Å². The summed E-state index contributed by atoms with van der Waals surface area (Å²) in [6.45, 7) is 2.58. The Bertz CT molecular complexity index is 348. The molecule has 0 spiro atoms. The fourth-order valence-electron chi connectivity index (χ4n) is 1.91. The molecule has 3 heteroatoms. The first-order chi connectivity index (χ1) is 9.25. The zero-order valence-corrected chi connectivity index (χ0v) is 11.7. The lowest BCUT2D eigenvalue weighted by Crippen LogP contribution is -2.16. The van der Waals surface area contributed by atoms with E-state index in [1.165, 1.54) is 25.7 Å². The topological polar surface area (TPSA) is 46.5 Å². The van der Waals surface area contributed by atoms with Gasteiger partial charge in [-0.05, 0) is 12.0 Å². The highest BCUT2D eigenvalue weighted by molar-refractivity contribution is 5.76. The first-order valence-electron chi connectivity index (χ1n) is 7.15. The van der Waals surface area contributed by atoms with E-state index in [4.69, 9.17) is 4.74 Å². The average molecular weight is 264 g/mol. The Balaban J connectivity index is 2.14. The highest BCUT2D eigenvalue weighted by atomic mass is 16.5. The van der Waals surface area contributed by atoms with Crippen molar-refractivity contribution in [2.24, 2.45) is 0 Å². The second-order valence-electron chi connectivity index (χ2n) is 4.75. The van der Waals surface area contributed by atoms with Crippen LogP contribution < -0.4 is 0 Å². The second kappa shape index (κ2) is 9.56. The van der Waals surface area contributed by atoms with E-state index in [-0.39, 0.29) is 0 Å². The molecule has 0 radical (unpaired) electrons. The first-order valence-corrected chi connectivity index (χ1v) is 7.15. The molecule has 0 saturated heterocycles. The molecule has 0 aliphatic carbocycles. The van der Waals surface area contributed by atoms with Gasteiger partial charge in [0.05, 0.1) is 6.61 Å². The maximum absolute atomic E-state index is 11.6. The van der Waals surface area contributed by atoms with E-state index < -0.39 is 12.1 Å². The number of carbonyl (C=O) groups excluding carboxylic acids is 1. The summed E-state index contributed by atoms with van der Waals surface area (Å²) in [6, 6.07) is 8.87. The molecule has 1 rings (SSSR count). The molecule has 106 valence electrons. The predicted octanol–water partition coefficient (Wildman–Crippen LogP) is 3.62. The van der Waals surface area contributed by atoms with Crippen LogP contribution in [-0.4, -0.2) is 17.7 Å². The molecule has 19 heavy (non-hydrogen) atoms. The molecule has 1 aromatic rings. The van der Waals surface area contributed by atoms with Crippen molar-refractivity contribution < 1.29 is 14.6 Å². The van der Waals surface area contributed by atoms with Crippen molar-refractivity contribution >= 4 is 5.97 Å². The van der Waals surface area contributed by atoms with Crippen LogP contribution in [0, 0.1) is 0 Å². The molecule has 3 nitrogen and oxygen atoms in total. The molecule has 0 heterocycles. The van der Waals surface area contributed by atoms with Gasteiger partial charge < -0.3 is 9.84 Å². The Kier molecular flexibility index (Phi) is 7.91. The van der Waals surface area contributed by atoms with Crippen molar-refractivity contribution in [1.29, 1.82) is 0 Å². The third-order valence-electron chi connectivity index (χ3n) is 3.08. The smallest absolute Gasteiger partial charge is 0.339 e. The lowest BCUT2D eigenvalue weighted by Gasteiger charge is -2.10. The molecule has 0 aromatic heterocycles. The van der Waals surface area contributed by atoms with Crippen LogP contribution in [0.4, 0.5) is 0 Å². The highest BCUT2D eigenvalue weighted by Crippen LogP contribution is 2.14. The Labute approximate surface area is 115 Å². The Hall–Kier alpha value is -1.35. The van der Waals surface area contributed by atoms with Crippen LogP contribution in [0.25, 0.3) is 0 Å². The van der Waals surface area contributed by atoms with E-state index in [9.17, 15) is 9.90 Å². The quantitative estimate of drug-likeness (QED) is 0.547. The molecule has 1 N–H and O–H groups in total. The van der Waals surface area contributed by atoms with Gasteiger partial charge in [0.15, 0.2) is 6.10 Å². The van der Waals surface area contributed by atoms with Crippen molar-refractivity contribution in [2.45, 2.75) is 51.6 Å². The molecule has 0 aliphatic rings. The van der Waals surface area contributed by atoms with Gasteiger partial charge in [-0.15, -0.1) is 0 Å². The number of rotatable bonds is 9. The van der Waals surface area contributed by atoms with Crippen LogP contribution in [0.3, 0.4) is 0 Å². The highest BCUT2D eigenvalue weighted by Gasteiger charge is 2.17. The van der Waals surface area contributed by atoms with Gasteiger partial charge in [-0.2, -0.15) is 0 Å². The normalized spacial score (nSPS) is 12.1. The number of ether oxygens (including phenoxy) is 1. The molecule has 0 unspecified atom stereocenters. The van der Waals surface area contributed by atoms with Gasteiger partial charge in [0.25, 0.3) is 0 Å². The van der Waals surface area contributed by atoms with Crippen LogP contribution in [0.1, 0.15) is 57.1 Å². The van der Waals surface area contributed by atoms with Gasteiger partial charge in [-0.1, -0.05) is 69.4 Å². The number of benzene rings is 1. The molecule has 0 amide bonds. The monoisotopic (exact) mass is 264 g/mol. The standard InChI is InChI=1S/C16H24O3/c1-2-3-4-5-6-10-13-19-16(18)15(17)14-11-8-7-9-12-14/h7-9,11-12,15,17H,2-6,10,13H2,1H3/t15-/m1/s1. The number of aliphatic hydroxyl groups is 1. The molecular weight excluding hydrogens is 240 g/mol. The lowest BCUT2D eigenvalue weighted by atomic mass is 10.1. The molecule has 0 saturated carbocycles. The molecule has 0 bridgehead atoms. The third-order valence-corrected chi connectivity index (χ3v) is 3.08. The van der Waals surface area contributed by atoms with Crippen LogP contribution >= 0.6 is 0 Å². The Morgan fingerprint density at radius 1 is 1.11 bits per heavy atom. The third kappa shape index (κ3) is 6.39. The van der Waals surface area contributed by atoms with Crippen molar-refractivity contribution in [2.75, 3.05) is 6.61 Å². The fourth-order valence-corrected chi connectivity index (χ4v) is 1.91. The number of esters is 1. The molecule has 0 fully saturated rings. The van der Waals surface area contributed by atoms with Crippen molar-refractivity contribution in [3.8, 4) is 0 Å². The minimum absolute atomic E-state index is 0.398. The van der Waals surface area contributed by atoms with Gasteiger partial charge in [0.1, 0.15) is 0 Å². The Morgan fingerprint density at radius 2 is 1.74 bits per heavy atom. The van der Waals surface area contributed by atoms with E-state index in [0.717, 1.165) is 12.8 Å². The number of hydrogen-bond donors (Lipinski definition) is 1. The average Bonchev–Trinajstić information content (AvgIpc) is 2.46. The first kappa shape index (κ1) is 15.7. The molecular formula is C16H24O3. The van der Waals surface area contributed by atoms with E-state index in [0.29, 0.717) is 12.2 Å². The SMILES string of the molecule is CCCCCCCCOC(=O)[C@H](O)c1ccccc1. The summed E-state index contributed by atoms with van der Waals surface area (Å²) in [6.07, 6.45) is 5.72. The van der Waals surface area contributed by atoms with Crippen molar-refractivity contribution in [1.82, 2.24) is 0 Å². The van der Waals surface area contributed by atoms with Gasteiger partial charge in [0.2, 0.25) is 0 Å². The Morgan fingerprint density at radius 3 is 2.42 bits per heavy atom.